The second-order valence-corrected chi connectivity index (χ2v) is 9.57. The van der Waals surface area contributed by atoms with Crippen molar-refractivity contribution in [1.29, 1.82) is 5.26 Å². The normalized spacial score (nSPS) is 15.8. The van der Waals surface area contributed by atoms with Gasteiger partial charge in [0, 0.05) is 26.2 Å². The van der Waals surface area contributed by atoms with Gasteiger partial charge in [0.15, 0.2) is 6.10 Å². The van der Waals surface area contributed by atoms with Crippen molar-refractivity contribution >= 4 is 26.7 Å². The van der Waals surface area contributed by atoms with Crippen LogP contribution in [0.1, 0.15) is 12.5 Å². The first kappa shape index (κ1) is 21.8. The maximum Gasteiger partial charge on any atom is 0.263 e. The van der Waals surface area contributed by atoms with Crippen molar-refractivity contribution in [2.75, 3.05) is 26.2 Å². The van der Waals surface area contributed by atoms with Crippen molar-refractivity contribution in [2.24, 2.45) is 0 Å². The fraction of sp³-hybridized carbons (Fsp3) is 0.250. The van der Waals surface area contributed by atoms with E-state index in [2.05, 4.69) is 0 Å². The molecule has 1 aliphatic rings. The van der Waals surface area contributed by atoms with Crippen molar-refractivity contribution in [3.63, 3.8) is 0 Å². The molecule has 0 aromatic heterocycles. The molecule has 3 aromatic rings. The molecule has 0 saturated carbocycles. The molecule has 3 aromatic carbocycles. The monoisotopic (exact) mass is 449 g/mol. The summed E-state index contributed by atoms with van der Waals surface area (Å²) < 4.78 is 33.3. The Balaban J connectivity index is 1.39. The van der Waals surface area contributed by atoms with E-state index >= 15 is 0 Å². The molecular formula is C24H23N3O4S. The molecule has 7 nitrogen and oxygen atoms in total. The first-order chi connectivity index (χ1) is 15.4. The maximum absolute atomic E-state index is 13.1. The summed E-state index contributed by atoms with van der Waals surface area (Å²) in [6.45, 7) is 2.72. The standard InChI is InChI=1S/C24H23N3O4S/c1-18(31-22-9-6-19(17-25)7-10-22)24(28)26-12-14-27(15-13-26)32(29,30)23-11-8-20-4-2-3-5-21(20)16-23/h2-11,16,18H,12-15H2,1H3. The topological polar surface area (TPSA) is 90.7 Å². The van der Waals surface area contributed by atoms with E-state index in [1.54, 1.807) is 48.2 Å². The van der Waals surface area contributed by atoms with Crippen LogP contribution < -0.4 is 4.74 Å². The highest BCUT2D eigenvalue weighted by atomic mass is 32.2. The third-order valence-corrected chi connectivity index (χ3v) is 7.45. The van der Waals surface area contributed by atoms with Gasteiger partial charge in [-0.05, 0) is 54.1 Å². The van der Waals surface area contributed by atoms with Gasteiger partial charge in [-0.1, -0.05) is 30.3 Å². The summed E-state index contributed by atoms with van der Waals surface area (Å²) in [6, 6.07) is 21.3. The average Bonchev–Trinajstić information content (AvgIpc) is 2.83. The third kappa shape index (κ3) is 4.44. The van der Waals surface area contributed by atoms with Gasteiger partial charge in [-0.2, -0.15) is 9.57 Å². The fourth-order valence-electron chi connectivity index (χ4n) is 3.75. The number of nitriles is 1. The quantitative estimate of drug-likeness (QED) is 0.597. The first-order valence-electron chi connectivity index (χ1n) is 10.3. The Morgan fingerprint density at radius 2 is 1.62 bits per heavy atom. The number of benzene rings is 3. The lowest BCUT2D eigenvalue weighted by molar-refractivity contribution is -0.139. The molecule has 1 atom stereocenters. The first-order valence-corrected chi connectivity index (χ1v) is 11.8. The summed E-state index contributed by atoms with van der Waals surface area (Å²) >= 11 is 0. The lowest BCUT2D eigenvalue weighted by atomic mass is 10.1. The van der Waals surface area contributed by atoms with Gasteiger partial charge in [0.05, 0.1) is 16.5 Å². The van der Waals surface area contributed by atoms with Gasteiger partial charge < -0.3 is 9.64 Å². The minimum Gasteiger partial charge on any atom is -0.481 e. The van der Waals surface area contributed by atoms with Gasteiger partial charge in [-0.3, -0.25) is 4.79 Å². The molecule has 1 aliphatic heterocycles. The lowest BCUT2D eigenvalue weighted by Crippen LogP contribution is -2.53. The van der Waals surface area contributed by atoms with E-state index in [4.69, 9.17) is 10.00 Å². The molecule has 4 rings (SSSR count). The Kier molecular flexibility index (Phi) is 6.12. The molecule has 1 amide bonds. The highest BCUT2D eigenvalue weighted by Gasteiger charge is 2.32. The molecule has 0 spiro atoms. The molecular weight excluding hydrogens is 426 g/mol. The fourth-order valence-corrected chi connectivity index (χ4v) is 5.20. The lowest BCUT2D eigenvalue weighted by Gasteiger charge is -2.35. The Morgan fingerprint density at radius 3 is 2.28 bits per heavy atom. The van der Waals surface area contributed by atoms with Gasteiger partial charge in [0.2, 0.25) is 10.0 Å². The van der Waals surface area contributed by atoms with E-state index in [0.717, 1.165) is 10.8 Å². The molecule has 0 radical (unpaired) electrons. The molecule has 164 valence electrons. The molecule has 8 heteroatoms. The van der Waals surface area contributed by atoms with Crippen LogP contribution in [-0.4, -0.2) is 55.8 Å². The van der Waals surface area contributed by atoms with Crippen molar-refractivity contribution < 1.29 is 17.9 Å². The van der Waals surface area contributed by atoms with Crippen LogP contribution in [0.5, 0.6) is 5.75 Å². The molecule has 0 bridgehead atoms. The van der Waals surface area contributed by atoms with E-state index in [0.29, 0.717) is 24.4 Å². The molecule has 1 unspecified atom stereocenters. The van der Waals surface area contributed by atoms with Crippen LogP contribution in [-0.2, 0) is 14.8 Å². The summed E-state index contributed by atoms with van der Waals surface area (Å²) in [5.74, 6) is 0.305. The van der Waals surface area contributed by atoms with E-state index in [-0.39, 0.29) is 23.9 Å². The van der Waals surface area contributed by atoms with Crippen molar-refractivity contribution in [3.05, 3.63) is 72.3 Å². The summed E-state index contributed by atoms with van der Waals surface area (Å²) in [6.07, 6.45) is -0.716. The molecule has 1 heterocycles. The average molecular weight is 450 g/mol. The number of rotatable bonds is 5. The summed E-state index contributed by atoms with van der Waals surface area (Å²) in [5, 5.41) is 10.7. The minimum absolute atomic E-state index is 0.197. The zero-order valence-electron chi connectivity index (χ0n) is 17.6. The zero-order chi connectivity index (χ0) is 22.7. The smallest absolute Gasteiger partial charge is 0.263 e. The van der Waals surface area contributed by atoms with Gasteiger partial charge >= 0.3 is 0 Å². The number of carbonyl (C=O) groups excluding carboxylic acids is 1. The zero-order valence-corrected chi connectivity index (χ0v) is 18.5. The Morgan fingerprint density at radius 1 is 0.969 bits per heavy atom. The molecule has 0 N–H and O–H groups in total. The SMILES string of the molecule is CC(Oc1ccc(C#N)cc1)C(=O)N1CCN(S(=O)(=O)c2ccc3ccccc3c2)CC1. The van der Waals surface area contributed by atoms with E-state index in [1.807, 2.05) is 36.4 Å². The number of nitrogens with zero attached hydrogens (tertiary/aromatic N) is 3. The van der Waals surface area contributed by atoms with Gasteiger partial charge in [0.25, 0.3) is 5.91 Å². The van der Waals surface area contributed by atoms with Crippen LogP contribution in [0.25, 0.3) is 10.8 Å². The number of carbonyl (C=O) groups is 1. The summed E-state index contributed by atoms with van der Waals surface area (Å²) in [4.78, 5) is 14.7. The maximum atomic E-state index is 13.1. The number of fused-ring (bicyclic) bond motifs is 1. The van der Waals surface area contributed by atoms with Crippen LogP contribution in [0.3, 0.4) is 0 Å². The van der Waals surface area contributed by atoms with E-state index in [1.165, 1.54) is 4.31 Å². The predicted molar refractivity (Wildman–Crippen MR) is 121 cm³/mol. The van der Waals surface area contributed by atoms with Crippen LogP contribution in [0.2, 0.25) is 0 Å². The Labute approximate surface area is 187 Å². The highest BCUT2D eigenvalue weighted by Crippen LogP contribution is 2.23. The van der Waals surface area contributed by atoms with Crippen molar-refractivity contribution in [2.45, 2.75) is 17.9 Å². The highest BCUT2D eigenvalue weighted by molar-refractivity contribution is 7.89. The molecule has 1 saturated heterocycles. The molecule has 0 aliphatic carbocycles. The second-order valence-electron chi connectivity index (χ2n) is 7.63. The predicted octanol–water partition coefficient (Wildman–Crippen LogP) is 3.01. The number of sulfonamides is 1. The number of hydrogen-bond acceptors (Lipinski definition) is 5. The van der Waals surface area contributed by atoms with Gasteiger partial charge in [-0.25, -0.2) is 8.42 Å². The Bertz CT molecular complexity index is 1270. The Hall–Kier alpha value is -3.41. The number of amides is 1. The van der Waals surface area contributed by atoms with E-state index in [9.17, 15) is 13.2 Å². The van der Waals surface area contributed by atoms with E-state index < -0.39 is 16.1 Å². The third-order valence-electron chi connectivity index (χ3n) is 5.55. The summed E-state index contributed by atoms with van der Waals surface area (Å²) in [7, 11) is -3.64. The number of ether oxygens (including phenoxy) is 1. The van der Waals surface area contributed by atoms with Crippen molar-refractivity contribution in [1.82, 2.24) is 9.21 Å². The van der Waals surface area contributed by atoms with Gasteiger partial charge in [0.1, 0.15) is 5.75 Å². The minimum atomic E-state index is -3.64. The molecule has 32 heavy (non-hydrogen) atoms. The van der Waals surface area contributed by atoms with Crippen LogP contribution in [0.4, 0.5) is 0 Å². The van der Waals surface area contributed by atoms with Crippen LogP contribution in [0, 0.1) is 11.3 Å². The second kappa shape index (κ2) is 8.99. The van der Waals surface area contributed by atoms with Gasteiger partial charge in [-0.15, -0.1) is 0 Å². The van der Waals surface area contributed by atoms with Crippen molar-refractivity contribution in [3.8, 4) is 11.8 Å². The molecule has 1 fully saturated rings. The number of hydrogen-bond donors (Lipinski definition) is 0. The summed E-state index contributed by atoms with van der Waals surface area (Å²) in [5.41, 5.74) is 0.514. The van der Waals surface area contributed by atoms with Crippen LogP contribution in [0.15, 0.2) is 71.6 Å². The van der Waals surface area contributed by atoms with Crippen LogP contribution >= 0.6 is 0 Å². The largest absolute Gasteiger partial charge is 0.481 e. The number of piperazine rings is 1.